The number of carbonyl (C=O) groups is 1. The number of piperazine rings is 1. The van der Waals surface area contributed by atoms with Gasteiger partial charge >= 0.3 is 0 Å². The van der Waals surface area contributed by atoms with Gasteiger partial charge in [0.05, 0.1) is 0 Å². The van der Waals surface area contributed by atoms with Crippen LogP contribution in [0.4, 0.5) is 0 Å². The molecule has 1 heterocycles. The second-order valence-electron chi connectivity index (χ2n) is 4.98. The quantitative estimate of drug-likeness (QED) is 0.603. The average molecular weight is 273 g/mol. The van der Waals surface area contributed by atoms with Gasteiger partial charge in [0.25, 0.3) is 0 Å². The third kappa shape index (κ3) is 5.55. The first-order chi connectivity index (χ1) is 9.84. The molecular formula is C16H23N3O. The van der Waals surface area contributed by atoms with Crippen molar-refractivity contribution in [3.63, 3.8) is 0 Å². The van der Waals surface area contributed by atoms with Crippen molar-refractivity contribution in [2.75, 3.05) is 39.3 Å². The molecule has 0 saturated carbocycles. The number of amides is 1. The number of nitrogens with zero attached hydrogens (tertiary/aromatic N) is 1. The van der Waals surface area contributed by atoms with Gasteiger partial charge in [0, 0.05) is 38.8 Å². The van der Waals surface area contributed by atoms with Gasteiger partial charge in [-0.3, -0.25) is 4.79 Å². The van der Waals surface area contributed by atoms with Crippen LogP contribution in [0.5, 0.6) is 0 Å². The highest BCUT2D eigenvalue weighted by molar-refractivity contribution is 5.91. The van der Waals surface area contributed by atoms with Gasteiger partial charge in [-0.05, 0) is 24.6 Å². The van der Waals surface area contributed by atoms with Crippen LogP contribution in [0.2, 0.25) is 0 Å². The number of hydrogen-bond donors (Lipinski definition) is 2. The number of hydrogen-bond acceptors (Lipinski definition) is 3. The normalized spacial score (nSPS) is 16.4. The van der Waals surface area contributed by atoms with Crippen LogP contribution in [-0.2, 0) is 4.79 Å². The SMILES string of the molecule is O=C(/C=C/c1ccccc1)NCCCN1CCNCC1. The monoisotopic (exact) mass is 273 g/mol. The molecule has 0 aromatic heterocycles. The number of nitrogens with one attached hydrogen (secondary N) is 2. The summed E-state index contributed by atoms with van der Waals surface area (Å²) in [6.45, 7) is 6.17. The van der Waals surface area contributed by atoms with Crippen molar-refractivity contribution >= 4 is 12.0 Å². The maximum atomic E-state index is 11.6. The Hall–Kier alpha value is -1.65. The molecular weight excluding hydrogens is 250 g/mol. The molecule has 2 N–H and O–H groups in total. The van der Waals surface area contributed by atoms with Gasteiger partial charge in [0.15, 0.2) is 0 Å². The Kier molecular flexibility index (Phi) is 6.27. The molecule has 4 nitrogen and oxygen atoms in total. The summed E-state index contributed by atoms with van der Waals surface area (Å²) < 4.78 is 0. The molecule has 0 aliphatic carbocycles. The maximum Gasteiger partial charge on any atom is 0.243 e. The first-order valence-corrected chi connectivity index (χ1v) is 7.28. The van der Waals surface area contributed by atoms with E-state index in [4.69, 9.17) is 0 Å². The molecule has 1 aliphatic rings. The third-order valence-electron chi connectivity index (χ3n) is 3.39. The summed E-state index contributed by atoms with van der Waals surface area (Å²) in [7, 11) is 0. The first kappa shape index (κ1) is 14.8. The standard InChI is InChI=1S/C16H23N3O/c20-16(8-7-15-5-2-1-3-6-15)18-9-4-12-19-13-10-17-11-14-19/h1-3,5-8,17H,4,9-14H2,(H,18,20)/b8-7+. The van der Waals surface area contributed by atoms with Crippen LogP contribution in [0, 0.1) is 0 Å². The smallest absolute Gasteiger partial charge is 0.243 e. The fourth-order valence-corrected chi connectivity index (χ4v) is 2.24. The molecule has 0 radical (unpaired) electrons. The lowest BCUT2D eigenvalue weighted by Crippen LogP contribution is -2.44. The van der Waals surface area contributed by atoms with Crippen LogP contribution in [0.1, 0.15) is 12.0 Å². The summed E-state index contributed by atoms with van der Waals surface area (Å²) in [6, 6.07) is 9.85. The predicted octanol–water partition coefficient (Wildman–Crippen LogP) is 1.11. The molecule has 108 valence electrons. The zero-order valence-electron chi connectivity index (χ0n) is 11.8. The molecule has 0 spiro atoms. The van der Waals surface area contributed by atoms with Crippen LogP contribution in [-0.4, -0.2) is 50.1 Å². The Morgan fingerprint density at radius 1 is 1.25 bits per heavy atom. The predicted molar refractivity (Wildman–Crippen MR) is 82.4 cm³/mol. The van der Waals surface area contributed by atoms with Crippen LogP contribution < -0.4 is 10.6 Å². The Labute approximate surface area is 120 Å². The highest BCUT2D eigenvalue weighted by Gasteiger charge is 2.08. The maximum absolute atomic E-state index is 11.6. The second-order valence-corrected chi connectivity index (χ2v) is 4.98. The molecule has 1 amide bonds. The van der Waals surface area contributed by atoms with E-state index in [-0.39, 0.29) is 5.91 Å². The Balaban J connectivity index is 1.59. The van der Waals surface area contributed by atoms with E-state index < -0.39 is 0 Å². The number of rotatable bonds is 6. The minimum atomic E-state index is -0.0193. The van der Waals surface area contributed by atoms with Gasteiger partial charge < -0.3 is 15.5 Å². The second kappa shape index (κ2) is 8.51. The van der Waals surface area contributed by atoms with Gasteiger partial charge in [-0.25, -0.2) is 0 Å². The number of carbonyl (C=O) groups excluding carboxylic acids is 1. The molecule has 1 aliphatic heterocycles. The summed E-state index contributed by atoms with van der Waals surface area (Å²) in [5, 5.41) is 6.26. The number of benzene rings is 1. The van der Waals surface area contributed by atoms with Crippen molar-refractivity contribution < 1.29 is 4.79 Å². The topological polar surface area (TPSA) is 44.4 Å². The van der Waals surface area contributed by atoms with E-state index in [2.05, 4.69) is 15.5 Å². The van der Waals surface area contributed by atoms with E-state index in [9.17, 15) is 4.79 Å². The van der Waals surface area contributed by atoms with Crippen LogP contribution >= 0.6 is 0 Å². The lowest BCUT2D eigenvalue weighted by atomic mass is 10.2. The van der Waals surface area contributed by atoms with Crippen molar-refractivity contribution in [2.24, 2.45) is 0 Å². The molecule has 1 aromatic carbocycles. The Morgan fingerprint density at radius 3 is 2.75 bits per heavy atom. The van der Waals surface area contributed by atoms with Gasteiger partial charge in [-0.1, -0.05) is 30.3 Å². The zero-order chi connectivity index (χ0) is 14.0. The van der Waals surface area contributed by atoms with Gasteiger partial charge in [0.1, 0.15) is 0 Å². The third-order valence-corrected chi connectivity index (χ3v) is 3.39. The first-order valence-electron chi connectivity index (χ1n) is 7.28. The van der Waals surface area contributed by atoms with Crippen LogP contribution in [0.3, 0.4) is 0 Å². The van der Waals surface area contributed by atoms with Crippen molar-refractivity contribution in [3.05, 3.63) is 42.0 Å². The van der Waals surface area contributed by atoms with Gasteiger partial charge in [0.2, 0.25) is 5.91 Å². The van der Waals surface area contributed by atoms with Gasteiger partial charge in [-0.15, -0.1) is 0 Å². The van der Waals surface area contributed by atoms with Crippen molar-refractivity contribution in [3.8, 4) is 0 Å². The minimum Gasteiger partial charge on any atom is -0.353 e. The highest BCUT2D eigenvalue weighted by atomic mass is 16.1. The summed E-state index contributed by atoms with van der Waals surface area (Å²) in [5.74, 6) is -0.0193. The molecule has 0 atom stereocenters. The van der Waals surface area contributed by atoms with Crippen molar-refractivity contribution in [2.45, 2.75) is 6.42 Å². The summed E-state index contributed by atoms with van der Waals surface area (Å²) in [6.07, 6.45) is 4.44. The van der Waals surface area contributed by atoms with E-state index >= 15 is 0 Å². The molecule has 1 saturated heterocycles. The van der Waals surface area contributed by atoms with E-state index in [1.54, 1.807) is 6.08 Å². The Bertz CT molecular complexity index is 425. The van der Waals surface area contributed by atoms with E-state index in [0.717, 1.165) is 51.3 Å². The fraction of sp³-hybridized carbons (Fsp3) is 0.438. The highest BCUT2D eigenvalue weighted by Crippen LogP contribution is 2.00. The van der Waals surface area contributed by atoms with E-state index in [1.807, 2.05) is 36.4 Å². The molecule has 4 heteroatoms. The molecule has 20 heavy (non-hydrogen) atoms. The summed E-state index contributed by atoms with van der Waals surface area (Å²) >= 11 is 0. The largest absolute Gasteiger partial charge is 0.353 e. The average Bonchev–Trinajstić information content (AvgIpc) is 2.52. The summed E-state index contributed by atoms with van der Waals surface area (Å²) in [4.78, 5) is 14.1. The molecule has 1 fully saturated rings. The Morgan fingerprint density at radius 2 is 2.00 bits per heavy atom. The molecule has 0 bridgehead atoms. The van der Waals surface area contributed by atoms with Crippen molar-refractivity contribution in [1.29, 1.82) is 0 Å². The summed E-state index contributed by atoms with van der Waals surface area (Å²) in [5.41, 5.74) is 1.04. The van der Waals surface area contributed by atoms with Crippen LogP contribution in [0.15, 0.2) is 36.4 Å². The zero-order valence-corrected chi connectivity index (χ0v) is 11.8. The molecule has 0 unspecified atom stereocenters. The minimum absolute atomic E-state index is 0.0193. The van der Waals surface area contributed by atoms with E-state index in [0.29, 0.717) is 0 Å². The molecule has 2 rings (SSSR count). The molecule has 1 aromatic rings. The van der Waals surface area contributed by atoms with E-state index in [1.165, 1.54) is 0 Å². The lowest BCUT2D eigenvalue weighted by Gasteiger charge is -2.26. The fourth-order valence-electron chi connectivity index (χ4n) is 2.24. The van der Waals surface area contributed by atoms with Crippen molar-refractivity contribution in [1.82, 2.24) is 15.5 Å². The van der Waals surface area contributed by atoms with Gasteiger partial charge in [-0.2, -0.15) is 0 Å². The lowest BCUT2D eigenvalue weighted by molar-refractivity contribution is -0.116. The van der Waals surface area contributed by atoms with Crippen LogP contribution in [0.25, 0.3) is 6.08 Å².